The number of rotatable bonds is 7. The fraction of sp³-hybridized carbons (Fsp3) is 0.119. The number of hydrogen-bond acceptors (Lipinski definition) is 3. The van der Waals surface area contributed by atoms with Crippen molar-refractivity contribution in [3.63, 3.8) is 0 Å². The summed E-state index contributed by atoms with van der Waals surface area (Å²) in [5.41, 5.74) is 17.2. The van der Waals surface area contributed by atoms with Gasteiger partial charge in [0.25, 0.3) is 0 Å². The van der Waals surface area contributed by atoms with Crippen molar-refractivity contribution < 1.29 is 4.42 Å². The third-order valence-corrected chi connectivity index (χ3v) is 14.5. The van der Waals surface area contributed by atoms with Crippen LogP contribution in [-0.2, 0) is 18.3 Å². The summed E-state index contributed by atoms with van der Waals surface area (Å²) >= 11 is 0. The van der Waals surface area contributed by atoms with E-state index in [-0.39, 0.29) is 5.41 Å². The third kappa shape index (κ3) is 5.18. The monoisotopic (exact) mass is 796 g/mol. The average molecular weight is 797 g/mol. The van der Waals surface area contributed by atoms with Crippen molar-refractivity contribution in [1.29, 1.82) is 0 Å². The molecule has 10 aromatic rings. The van der Waals surface area contributed by atoms with Gasteiger partial charge in [0.15, 0.2) is 0 Å². The molecular formula is C59H44N2O. The van der Waals surface area contributed by atoms with Crippen LogP contribution in [0.1, 0.15) is 35.1 Å². The predicted octanol–water partition coefficient (Wildman–Crippen LogP) is 15.8. The van der Waals surface area contributed by atoms with Crippen LogP contribution in [0.25, 0.3) is 43.8 Å². The van der Waals surface area contributed by atoms with E-state index in [1.54, 1.807) is 0 Å². The SMILES string of the molecule is c1ccc(-c2cc3ccccc3cc2N(c2ccc3c(c2)oc2ccccc23)c2cccc3c2C24c5c(cccc5N(c5ccccc5)c5ccccc5)CC2CCC4C3)cc1. The van der Waals surface area contributed by atoms with Crippen molar-refractivity contribution in [2.75, 3.05) is 9.80 Å². The smallest absolute Gasteiger partial charge is 0.137 e. The van der Waals surface area contributed by atoms with Gasteiger partial charge in [0, 0.05) is 44.9 Å². The van der Waals surface area contributed by atoms with Crippen molar-refractivity contribution in [1.82, 2.24) is 0 Å². The van der Waals surface area contributed by atoms with Gasteiger partial charge in [0.2, 0.25) is 0 Å². The van der Waals surface area contributed by atoms with Crippen LogP contribution in [0.5, 0.6) is 0 Å². The van der Waals surface area contributed by atoms with Gasteiger partial charge in [-0.25, -0.2) is 0 Å². The predicted molar refractivity (Wildman–Crippen MR) is 257 cm³/mol. The van der Waals surface area contributed by atoms with E-state index in [4.69, 9.17) is 4.42 Å². The Bertz CT molecular complexity index is 3290. The van der Waals surface area contributed by atoms with Gasteiger partial charge in [-0.15, -0.1) is 0 Å². The summed E-state index contributed by atoms with van der Waals surface area (Å²) in [6.07, 6.45) is 4.60. The van der Waals surface area contributed by atoms with Crippen molar-refractivity contribution in [2.45, 2.75) is 31.1 Å². The van der Waals surface area contributed by atoms with Crippen LogP contribution in [0.2, 0.25) is 0 Å². The van der Waals surface area contributed by atoms with Gasteiger partial charge in [0.05, 0.1) is 17.1 Å². The maximum absolute atomic E-state index is 6.67. The molecule has 3 nitrogen and oxygen atoms in total. The quantitative estimate of drug-likeness (QED) is 0.160. The summed E-state index contributed by atoms with van der Waals surface area (Å²) in [5, 5.41) is 4.72. The molecule has 0 saturated heterocycles. The Morgan fingerprint density at radius 1 is 0.403 bits per heavy atom. The van der Waals surface area contributed by atoms with Crippen molar-refractivity contribution >= 4 is 66.8 Å². The van der Waals surface area contributed by atoms with Gasteiger partial charge in [-0.2, -0.15) is 0 Å². The lowest BCUT2D eigenvalue weighted by molar-refractivity contribution is 0.350. The summed E-state index contributed by atoms with van der Waals surface area (Å²) < 4.78 is 6.67. The van der Waals surface area contributed by atoms with E-state index < -0.39 is 0 Å². The number of para-hydroxylation sites is 3. The summed E-state index contributed by atoms with van der Waals surface area (Å²) in [6, 6.07) is 76.2. The van der Waals surface area contributed by atoms with Crippen LogP contribution in [0, 0.1) is 11.8 Å². The summed E-state index contributed by atoms with van der Waals surface area (Å²) in [4.78, 5) is 5.12. The van der Waals surface area contributed by atoms with Gasteiger partial charge >= 0.3 is 0 Å². The Kier molecular flexibility index (Phi) is 7.90. The number of nitrogens with zero attached hydrogens (tertiary/aromatic N) is 2. The minimum atomic E-state index is -0.175. The van der Waals surface area contributed by atoms with Crippen LogP contribution in [-0.4, -0.2) is 0 Å². The van der Waals surface area contributed by atoms with Crippen LogP contribution in [0.4, 0.5) is 34.1 Å². The number of fused-ring (bicyclic) bond motifs is 6. The molecule has 0 N–H and O–H groups in total. The topological polar surface area (TPSA) is 19.6 Å². The second kappa shape index (κ2) is 13.8. The largest absolute Gasteiger partial charge is 0.456 e. The van der Waals surface area contributed by atoms with Crippen LogP contribution in [0.3, 0.4) is 0 Å². The van der Waals surface area contributed by atoms with E-state index in [2.05, 4.69) is 216 Å². The van der Waals surface area contributed by atoms with Crippen LogP contribution < -0.4 is 9.80 Å². The second-order valence-electron chi connectivity index (χ2n) is 17.6. The molecule has 1 saturated carbocycles. The van der Waals surface area contributed by atoms with Gasteiger partial charge in [-0.1, -0.05) is 133 Å². The van der Waals surface area contributed by atoms with Crippen molar-refractivity contribution in [3.8, 4) is 11.1 Å². The molecule has 296 valence electrons. The fourth-order valence-electron chi connectivity index (χ4n) is 12.1. The second-order valence-corrected chi connectivity index (χ2v) is 17.6. The number of furan rings is 1. The first-order valence-electron chi connectivity index (χ1n) is 22.2. The Balaban J connectivity index is 1.11. The molecule has 3 aliphatic rings. The first-order chi connectivity index (χ1) is 30.7. The zero-order chi connectivity index (χ0) is 40.8. The molecule has 0 amide bonds. The zero-order valence-electron chi connectivity index (χ0n) is 34.4. The lowest BCUT2D eigenvalue weighted by Gasteiger charge is -2.40. The molecule has 3 atom stereocenters. The number of anilines is 6. The van der Waals surface area contributed by atoms with Crippen molar-refractivity contribution in [2.24, 2.45) is 11.8 Å². The fourth-order valence-corrected chi connectivity index (χ4v) is 12.1. The highest BCUT2D eigenvalue weighted by Crippen LogP contribution is 2.69. The minimum absolute atomic E-state index is 0.175. The van der Waals surface area contributed by atoms with Gasteiger partial charge in [-0.3, -0.25) is 0 Å². The lowest BCUT2D eigenvalue weighted by atomic mass is 9.68. The highest BCUT2D eigenvalue weighted by Gasteiger charge is 2.62. The maximum atomic E-state index is 6.67. The van der Waals surface area contributed by atoms with Gasteiger partial charge in [-0.05, 0) is 143 Å². The maximum Gasteiger partial charge on any atom is 0.137 e. The molecule has 3 heteroatoms. The molecule has 1 heterocycles. The molecule has 1 spiro atoms. The van der Waals surface area contributed by atoms with E-state index in [0.717, 1.165) is 46.2 Å². The molecule has 0 bridgehead atoms. The highest BCUT2D eigenvalue weighted by molar-refractivity contribution is 6.07. The Hall–Kier alpha value is -7.36. The molecule has 1 aromatic heterocycles. The van der Waals surface area contributed by atoms with Crippen molar-refractivity contribution in [3.05, 3.63) is 229 Å². The zero-order valence-corrected chi connectivity index (χ0v) is 34.4. The van der Waals surface area contributed by atoms with E-state index in [9.17, 15) is 0 Å². The number of hydrogen-bond donors (Lipinski definition) is 0. The van der Waals surface area contributed by atoms with Crippen LogP contribution in [0.15, 0.2) is 211 Å². The van der Waals surface area contributed by atoms with Crippen LogP contribution >= 0.6 is 0 Å². The highest BCUT2D eigenvalue weighted by atomic mass is 16.3. The standard InChI is InChI=1S/C59H44N2O/c1-4-16-39(17-5-1)51-36-40-18-10-11-19-41(40)37-54(51)61(48-32-33-50-49-26-12-13-29-55(49)62-56(50)38-48)53-28-15-21-43-35-45-31-30-44-34-42-20-14-27-52(57(42)59(44,45)58(43)53)60(46-22-6-2-7-23-46)47-24-8-3-9-25-47/h1-29,32-33,36-38,44-45H,30-31,34-35H2. The Labute approximate surface area is 362 Å². The summed E-state index contributed by atoms with van der Waals surface area (Å²) in [7, 11) is 0. The average Bonchev–Trinajstić information content (AvgIpc) is 4.07. The summed E-state index contributed by atoms with van der Waals surface area (Å²) in [5.74, 6) is 0.980. The third-order valence-electron chi connectivity index (χ3n) is 14.5. The Morgan fingerprint density at radius 2 is 0.952 bits per heavy atom. The first kappa shape index (κ1) is 35.4. The first-order valence-corrected chi connectivity index (χ1v) is 22.2. The molecule has 0 radical (unpaired) electrons. The molecule has 3 aliphatic carbocycles. The molecule has 9 aromatic carbocycles. The van der Waals surface area contributed by atoms with E-state index in [1.807, 2.05) is 0 Å². The van der Waals surface area contributed by atoms with Gasteiger partial charge < -0.3 is 14.2 Å². The molecule has 1 fully saturated rings. The minimum Gasteiger partial charge on any atom is -0.456 e. The lowest BCUT2D eigenvalue weighted by Crippen LogP contribution is -2.34. The molecule has 3 unspecified atom stereocenters. The Morgan fingerprint density at radius 3 is 1.61 bits per heavy atom. The molecule has 13 rings (SSSR count). The van der Waals surface area contributed by atoms with E-state index >= 15 is 0 Å². The summed E-state index contributed by atoms with van der Waals surface area (Å²) in [6.45, 7) is 0. The molecule has 0 aliphatic heterocycles. The molecule has 62 heavy (non-hydrogen) atoms. The van der Waals surface area contributed by atoms with Gasteiger partial charge in [0.1, 0.15) is 11.2 Å². The van der Waals surface area contributed by atoms with E-state index in [1.165, 1.54) is 79.7 Å². The normalized spacial score (nSPS) is 18.5. The van der Waals surface area contributed by atoms with E-state index in [0.29, 0.717) is 11.8 Å². The number of benzene rings is 9. The molecular weight excluding hydrogens is 753 g/mol.